The monoisotopic (exact) mass is 292 g/mol. The summed E-state index contributed by atoms with van der Waals surface area (Å²) in [6, 6.07) is 8.08. The average molecular weight is 293 g/mol. The van der Waals surface area contributed by atoms with Gasteiger partial charge in [0, 0.05) is 6.54 Å². The Hall–Kier alpha value is -2.21. The molecule has 0 bridgehead atoms. The Morgan fingerprint density at radius 1 is 1.40 bits per heavy atom. The number of nitrogens with one attached hydrogen (secondary N) is 1. The predicted octanol–water partition coefficient (Wildman–Crippen LogP) is 3.00. The Bertz CT molecular complexity index is 634. The minimum atomic E-state index is -0.586. The smallest absolute Gasteiger partial charge is 0.348 e. The van der Waals surface area contributed by atoms with E-state index in [1.165, 1.54) is 11.9 Å². The van der Waals surface area contributed by atoms with Crippen LogP contribution in [0.25, 0.3) is 0 Å². The van der Waals surface area contributed by atoms with Crippen molar-refractivity contribution in [3.63, 3.8) is 0 Å². The first kappa shape index (κ1) is 14.2. The quantitative estimate of drug-likeness (QED) is 0.520. The van der Waals surface area contributed by atoms with Crippen LogP contribution in [0, 0.1) is 17.0 Å². The lowest BCUT2D eigenvalue weighted by atomic mass is 10.1. The number of benzene rings is 1. The molecule has 2 aromatic rings. The van der Waals surface area contributed by atoms with Crippen molar-refractivity contribution in [3.8, 4) is 0 Å². The normalized spacial score (nSPS) is 10.3. The molecule has 1 heterocycles. The van der Waals surface area contributed by atoms with Crippen molar-refractivity contribution < 1.29 is 4.92 Å². The highest BCUT2D eigenvalue weighted by Gasteiger charge is 2.20. The van der Waals surface area contributed by atoms with Crippen LogP contribution in [-0.4, -0.2) is 21.4 Å². The van der Waals surface area contributed by atoms with Crippen LogP contribution in [0.3, 0.4) is 0 Å². The standard InChI is InChI=1S/C13H13ClN4O2/c1-9-3-2-4-10(7-9)5-6-15-13-11(18(19)20)12(14)16-8-17-13/h2-4,7-8H,5-6H2,1H3,(H,15,16,17). The van der Waals surface area contributed by atoms with Gasteiger partial charge >= 0.3 is 5.69 Å². The van der Waals surface area contributed by atoms with Gasteiger partial charge in [0.25, 0.3) is 0 Å². The number of aromatic nitrogens is 2. The molecule has 20 heavy (non-hydrogen) atoms. The van der Waals surface area contributed by atoms with E-state index >= 15 is 0 Å². The van der Waals surface area contributed by atoms with Gasteiger partial charge in [0.1, 0.15) is 6.33 Å². The van der Waals surface area contributed by atoms with E-state index in [-0.39, 0.29) is 16.7 Å². The van der Waals surface area contributed by atoms with Gasteiger partial charge in [-0.05, 0) is 18.9 Å². The molecule has 0 saturated heterocycles. The minimum Gasteiger partial charge on any atom is -0.364 e. The van der Waals surface area contributed by atoms with Crippen LogP contribution >= 0.6 is 11.6 Å². The minimum absolute atomic E-state index is 0.141. The summed E-state index contributed by atoms with van der Waals surface area (Å²) in [6.45, 7) is 2.55. The van der Waals surface area contributed by atoms with E-state index < -0.39 is 4.92 Å². The van der Waals surface area contributed by atoms with Crippen molar-refractivity contribution in [2.75, 3.05) is 11.9 Å². The fourth-order valence-electron chi connectivity index (χ4n) is 1.84. The number of aryl methyl sites for hydroxylation is 1. The molecular weight excluding hydrogens is 280 g/mol. The summed E-state index contributed by atoms with van der Waals surface area (Å²) in [5.41, 5.74) is 2.04. The Morgan fingerprint density at radius 3 is 2.90 bits per heavy atom. The lowest BCUT2D eigenvalue weighted by Gasteiger charge is -2.07. The number of nitrogens with zero attached hydrogens (tertiary/aromatic N) is 3. The zero-order valence-electron chi connectivity index (χ0n) is 10.8. The van der Waals surface area contributed by atoms with Crippen LogP contribution in [0.5, 0.6) is 0 Å². The van der Waals surface area contributed by atoms with Gasteiger partial charge in [0.15, 0.2) is 0 Å². The lowest BCUT2D eigenvalue weighted by Crippen LogP contribution is -2.09. The molecule has 104 valence electrons. The molecular formula is C13H13ClN4O2. The predicted molar refractivity (Wildman–Crippen MR) is 77.1 cm³/mol. The second kappa shape index (κ2) is 6.29. The van der Waals surface area contributed by atoms with E-state index in [0.717, 1.165) is 12.0 Å². The maximum atomic E-state index is 10.9. The van der Waals surface area contributed by atoms with Crippen molar-refractivity contribution in [3.05, 3.63) is 57.0 Å². The molecule has 0 aliphatic rings. The van der Waals surface area contributed by atoms with Gasteiger partial charge < -0.3 is 5.32 Å². The van der Waals surface area contributed by atoms with Crippen LogP contribution in [-0.2, 0) is 6.42 Å². The molecule has 1 aromatic carbocycles. The summed E-state index contributed by atoms with van der Waals surface area (Å²) in [5.74, 6) is 0.141. The third-order valence-electron chi connectivity index (χ3n) is 2.75. The van der Waals surface area contributed by atoms with Crippen molar-refractivity contribution in [1.29, 1.82) is 0 Å². The average Bonchev–Trinajstić information content (AvgIpc) is 2.38. The van der Waals surface area contributed by atoms with Crippen LogP contribution in [0.4, 0.5) is 11.5 Å². The fraction of sp³-hybridized carbons (Fsp3) is 0.231. The molecule has 1 aromatic heterocycles. The zero-order valence-corrected chi connectivity index (χ0v) is 11.6. The highest BCUT2D eigenvalue weighted by Crippen LogP contribution is 2.28. The van der Waals surface area contributed by atoms with Crippen molar-refractivity contribution in [2.45, 2.75) is 13.3 Å². The second-order valence-electron chi connectivity index (χ2n) is 4.28. The molecule has 7 heteroatoms. The number of hydrogen-bond donors (Lipinski definition) is 1. The van der Waals surface area contributed by atoms with Gasteiger partial charge in [-0.25, -0.2) is 9.97 Å². The van der Waals surface area contributed by atoms with Crippen LogP contribution in [0.2, 0.25) is 5.15 Å². The third kappa shape index (κ3) is 3.42. The first-order valence-electron chi connectivity index (χ1n) is 6.02. The first-order valence-corrected chi connectivity index (χ1v) is 6.40. The molecule has 6 nitrogen and oxygen atoms in total. The number of rotatable bonds is 5. The molecule has 1 N–H and O–H groups in total. The van der Waals surface area contributed by atoms with E-state index in [9.17, 15) is 10.1 Å². The van der Waals surface area contributed by atoms with Gasteiger partial charge in [-0.3, -0.25) is 10.1 Å². The van der Waals surface area contributed by atoms with Crippen LogP contribution < -0.4 is 5.32 Å². The second-order valence-corrected chi connectivity index (χ2v) is 4.64. The maximum absolute atomic E-state index is 10.9. The third-order valence-corrected chi connectivity index (χ3v) is 3.03. The summed E-state index contributed by atoms with van der Waals surface area (Å²) < 4.78 is 0. The lowest BCUT2D eigenvalue weighted by molar-refractivity contribution is -0.384. The summed E-state index contributed by atoms with van der Waals surface area (Å²) in [4.78, 5) is 17.8. The molecule has 0 saturated carbocycles. The number of halogens is 1. The van der Waals surface area contributed by atoms with E-state index in [0.29, 0.717) is 6.54 Å². The highest BCUT2D eigenvalue weighted by molar-refractivity contribution is 6.31. The van der Waals surface area contributed by atoms with E-state index in [1.54, 1.807) is 0 Å². The Kier molecular flexibility index (Phi) is 4.47. The maximum Gasteiger partial charge on any atom is 0.348 e. The Morgan fingerprint density at radius 2 is 2.20 bits per heavy atom. The summed E-state index contributed by atoms with van der Waals surface area (Å²) in [6.07, 6.45) is 1.94. The van der Waals surface area contributed by atoms with Gasteiger partial charge in [0.2, 0.25) is 11.0 Å². The van der Waals surface area contributed by atoms with Gasteiger partial charge in [0.05, 0.1) is 4.92 Å². The van der Waals surface area contributed by atoms with Gasteiger partial charge in [-0.1, -0.05) is 41.4 Å². The molecule has 2 rings (SSSR count). The van der Waals surface area contributed by atoms with Crippen LogP contribution in [0.15, 0.2) is 30.6 Å². The molecule has 0 spiro atoms. The van der Waals surface area contributed by atoms with E-state index in [4.69, 9.17) is 11.6 Å². The Balaban J connectivity index is 2.05. The topological polar surface area (TPSA) is 81.0 Å². The van der Waals surface area contributed by atoms with Crippen LogP contribution in [0.1, 0.15) is 11.1 Å². The number of anilines is 1. The molecule has 0 fully saturated rings. The first-order chi connectivity index (χ1) is 9.58. The summed E-state index contributed by atoms with van der Waals surface area (Å²) in [5, 5.41) is 13.7. The van der Waals surface area contributed by atoms with Gasteiger partial charge in [-0.15, -0.1) is 0 Å². The van der Waals surface area contributed by atoms with Gasteiger partial charge in [-0.2, -0.15) is 0 Å². The molecule has 0 atom stereocenters. The molecule has 0 aliphatic carbocycles. The zero-order chi connectivity index (χ0) is 14.5. The van der Waals surface area contributed by atoms with E-state index in [1.807, 2.05) is 25.1 Å². The summed E-state index contributed by atoms with van der Waals surface area (Å²) >= 11 is 5.71. The summed E-state index contributed by atoms with van der Waals surface area (Å²) in [7, 11) is 0. The Labute approximate surface area is 121 Å². The SMILES string of the molecule is Cc1cccc(CCNc2ncnc(Cl)c2[N+](=O)[O-])c1. The van der Waals surface area contributed by atoms with Crippen molar-refractivity contribution >= 4 is 23.1 Å². The molecule has 0 amide bonds. The van der Waals surface area contributed by atoms with Crippen molar-refractivity contribution in [2.24, 2.45) is 0 Å². The molecule has 0 unspecified atom stereocenters. The fourth-order valence-corrected chi connectivity index (χ4v) is 2.04. The van der Waals surface area contributed by atoms with Crippen molar-refractivity contribution in [1.82, 2.24) is 9.97 Å². The molecule has 0 radical (unpaired) electrons. The largest absolute Gasteiger partial charge is 0.364 e. The number of nitro groups is 1. The van der Waals surface area contributed by atoms with E-state index in [2.05, 4.69) is 21.4 Å². The molecule has 0 aliphatic heterocycles. The number of hydrogen-bond acceptors (Lipinski definition) is 5. The highest BCUT2D eigenvalue weighted by atomic mass is 35.5.